The summed E-state index contributed by atoms with van der Waals surface area (Å²) in [5.74, 6) is 5.77. The molecule has 0 radical (unpaired) electrons. The zero-order valence-corrected chi connectivity index (χ0v) is 11.4. The highest BCUT2D eigenvalue weighted by atomic mass is 32.1. The third kappa shape index (κ3) is 2.54. The number of rotatable bonds is 4. The van der Waals surface area contributed by atoms with Crippen LogP contribution in [-0.2, 0) is 6.42 Å². The van der Waals surface area contributed by atoms with E-state index in [9.17, 15) is 0 Å². The predicted molar refractivity (Wildman–Crippen MR) is 82.0 cm³/mol. The first-order valence-corrected chi connectivity index (χ1v) is 7.22. The SMILES string of the molecule is NNC(Cc1ccccc1)c1cccc2ccsc12. The summed E-state index contributed by atoms with van der Waals surface area (Å²) >= 11 is 1.77. The monoisotopic (exact) mass is 268 g/mol. The minimum absolute atomic E-state index is 0.143. The molecule has 3 rings (SSSR count). The summed E-state index contributed by atoms with van der Waals surface area (Å²) in [5.41, 5.74) is 5.52. The molecule has 2 aromatic carbocycles. The van der Waals surface area contributed by atoms with Crippen molar-refractivity contribution >= 4 is 21.4 Å². The second-order valence-corrected chi connectivity index (χ2v) is 5.51. The van der Waals surface area contributed by atoms with Crippen molar-refractivity contribution in [1.29, 1.82) is 0 Å². The Bertz CT molecular complexity index is 661. The Morgan fingerprint density at radius 1 is 1.00 bits per heavy atom. The molecule has 2 nitrogen and oxygen atoms in total. The van der Waals surface area contributed by atoms with Crippen molar-refractivity contribution in [2.24, 2.45) is 5.84 Å². The molecule has 96 valence electrons. The number of nitrogens with one attached hydrogen (secondary N) is 1. The molecule has 0 aliphatic heterocycles. The second-order valence-electron chi connectivity index (χ2n) is 4.60. The van der Waals surface area contributed by atoms with Gasteiger partial charge in [0.25, 0.3) is 0 Å². The van der Waals surface area contributed by atoms with E-state index in [0.29, 0.717) is 0 Å². The van der Waals surface area contributed by atoms with Crippen molar-refractivity contribution in [1.82, 2.24) is 5.43 Å². The van der Waals surface area contributed by atoms with Crippen LogP contribution < -0.4 is 11.3 Å². The molecule has 0 bridgehead atoms. The average Bonchev–Trinajstić information content (AvgIpc) is 2.94. The molecule has 3 aromatic rings. The highest BCUT2D eigenvalue weighted by Gasteiger charge is 2.14. The van der Waals surface area contributed by atoms with Crippen LogP contribution in [-0.4, -0.2) is 0 Å². The van der Waals surface area contributed by atoms with Gasteiger partial charge in [0.15, 0.2) is 0 Å². The first-order valence-electron chi connectivity index (χ1n) is 6.34. The number of fused-ring (bicyclic) bond motifs is 1. The summed E-state index contributed by atoms with van der Waals surface area (Å²) in [6.45, 7) is 0. The molecule has 1 aromatic heterocycles. The molecule has 0 aliphatic carbocycles. The van der Waals surface area contributed by atoms with Gasteiger partial charge in [-0.05, 0) is 34.4 Å². The highest BCUT2D eigenvalue weighted by molar-refractivity contribution is 7.17. The van der Waals surface area contributed by atoms with Crippen LogP contribution in [0.3, 0.4) is 0 Å². The number of nitrogens with two attached hydrogens (primary N) is 1. The lowest BCUT2D eigenvalue weighted by Crippen LogP contribution is -2.29. The fourth-order valence-corrected chi connectivity index (χ4v) is 3.37. The van der Waals surface area contributed by atoms with Gasteiger partial charge in [0.1, 0.15) is 0 Å². The lowest BCUT2D eigenvalue weighted by Gasteiger charge is -2.17. The Morgan fingerprint density at radius 2 is 1.84 bits per heavy atom. The minimum Gasteiger partial charge on any atom is -0.271 e. The molecular formula is C16H16N2S. The average molecular weight is 268 g/mol. The maximum atomic E-state index is 5.77. The molecule has 0 aliphatic rings. The molecule has 0 spiro atoms. The van der Waals surface area contributed by atoms with Crippen molar-refractivity contribution < 1.29 is 0 Å². The van der Waals surface area contributed by atoms with E-state index in [1.54, 1.807) is 11.3 Å². The third-order valence-electron chi connectivity index (χ3n) is 3.37. The van der Waals surface area contributed by atoms with Crippen molar-refractivity contribution in [2.45, 2.75) is 12.5 Å². The van der Waals surface area contributed by atoms with E-state index in [2.05, 4.69) is 59.3 Å². The number of thiophene rings is 1. The largest absolute Gasteiger partial charge is 0.271 e. The van der Waals surface area contributed by atoms with Gasteiger partial charge < -0.3 is 0 Å². The predicted octanol–water partition coefficient (Wildman–Crippen LogP) is 3.65. The first-order chi connectivity index (χ1) is 9.38. The van der Waals surface area contributed by atoms with Gasteiger partial charge in [0, 0.05) is 4.70 Å². The van der Waals surface area contributed by atoms with E-state index in [1.807, 2.05) is 6.07 Å². The normalized spacial score (nSPS) is 12.7. The van der Waals surface area contributed by atoms with Gasteiger partial charge >= 0.3 is 0 Å². The summed E-state index contributed by atoms with van der Waals surface area (Å²) in [6.07, 6.45) is 0.897. The minimum atomic E-state index is 0.143. The molecule has 0 saturated carbocycles. The zero-order valence-electron chi connectivity index (χ0n) is 10.5. The molecule has 19 heavy (non-hydrogen) atoms. The zero-order chi connectivity index (χ0) is 13.1. The smallest absolute Gasteiger partial charge is 0.0514 e. The van der Waals surface area contributed by atoms with Gasteiger partial charge in [0.05, 0.1) is 6.04 Å². The van der Waals surface area contributed by atoms with Gasteiger partial charge in [-0.25, -0.2) is 0 Å². The lowest BCUT2D eigenvalue weighted by molar-refractivity contribution is 0.556. The summed E-state index contributed by atoms with van der Waals surface area (Å²) in [6, 6.07) is 19.1. The third-order valence-corrected chi connectivity index (χ3v) is 4.35. The Labute approximate surface area is 116 Å². The standard InChI is InChI=1S/C16H16N2S/c17-18-15(11-12-5-2-1-3-6-12)14-8-4-7-13-9-10-19-16(13)14/h1-10,15,18H,11,17H2. The quantitative estimate of drug-likeness (QED) is 0.560. The Morgan fingerprint density at radius 3 is 2.63 bits per heavy atom. The molecule has 3 N–H and O–H groups in total. The van der Waals surface area contributed by atoms with Gasteiger partial charge in [-0.1, -0.05) is 48.5 Å². The van der Waals surface area contributed by atoms with Crippen LogP contribution in [0.15, 0.2) is 60.0 Å². The molecule has 0 fully saturated rings. The van der Waals surface area contributed by atoms with Crippen molar-refractivity contribution in [3.8, 4) is 0 Å². The fourth-order valence-electron chi connectivity index (χ4n) is 2.40. The summed E-state index contributed by atoms with van der Waals surface area (Å²) in [5, 5.41) is 3.42. The number of benzene rings is 2. The van der Waals surface area contributed by atoms with Gasteiger partial charge in [-0.2, -0.15) is 0 Å². The molecule has 1 heterocycles. The number of hydrogen-bond donors (Lipinski definition) is 2. The van der Waals surface area contributed by atoms with Crippen LogP contribution in [0.4, 0.5) is 0 Å². The molecular weight excluding hydrogens is 252 g/mol. The molecule has 0 amide bonds. The molecule has 3 heteroatoms. The van der Waals surface area contributed by atoms with Gasteiger partial charge in [0.2, 0.25) is 0 Å². The Balaban J connectivity index is 1.96. The van der Waals surface area contributed by atoms with Crippen LogP contribution in [0.25, 0.3) is 10.1 Å². The van der Waals surface area contributed by atoms with Crippen LogP contribution in [0.2, 0.25) is 0 Å². The summed E-state index contributed by atoms with van der Waals surface area (Å²) in [4.78, 5) is 0. The van der Waals surface area contributed by atoms with Crippen LogP contribution in [0.1, 0.15) is 17.2 Å². The highest BCUT2D eigenvalue weighted by Crippen LogP contribution is 2.30. The molecule has 0 saturated heterocycles. The first kappa shape index (κ1) is 12.4. The maximum Gasteiger partial charge on any atom is 0.0514 e. The van der Waals surface area contributed by atoms with Crippen molar-refractivity contribution in [3.05, 3.63) is 71.1 Å². The van der Waals surface area contributed by atoms with Crippen LogP contribution in [0, 0.1) is 0 Å². The van der Waals surface area contributed by atoms with E-state index >= 15 is 0 Å². The van der Waals surface area contributed by atoms with Crippen molar-refractivity contribution in [3.63, 3.8) is 0 Å². The summed E-state index contributed by atoms with van der Waals surface area (Å²) < 4.78 is 1.32. The van der Waals surface area contributed by atoms with E-state index in [-0.39, 0.29) is 6.04 Å². The number of hydrazine groups is 1. The van der Waals surface area contributed by atoms with Crippen molar-refractivity contribution in [2.75, 3.05) is 0 Å². The fraction of sp³-hybridized carbons (Fsp3) is 0.125. The number of hydrogen-bond acceptors (Lipinski definition) is 3. The summed E-state index contributed by atoms with van der Waals surface area (Å²) in [7, 11) is 0. The molecule has 1 atom stereocenters. The van der Waals surface area contributed by atoms with Crippen LogP contribution >= 0.6 is 11.3 Å². The Kier molecular flexibility index (Phi) is 3.60. The molecule has 1 unspecified atom stereocenters. The van der Waals surface area contributed by atoms with E-state index < -0.39 is 0 Å². The maximum absolute atomic E-state index is 5.77. The van der Waals surface area contributed by atoms with E-state index in [0.717, 1.165) is 6.42 Å². The topological polar surface area (TPSA) is 38.0 Å². The van der Waals surface area contributed by atoms with Gasteiger partial charge in [-0.3, -0.25) is 11.3 Å². The van der Waals surface area contributed by atoms with Crippen LogP contribution in [0.5, 0.6) is 0 Å². The second kappa shape index (κ2) is 5.53. The lowest BCUT2D eigenvalue weighted by atomic mass is 9.98. The van der Waals surface area contributed by atoms with E-state index in [1.165, 1.54) is 21.2 Å². The van der Waals surface area contributed by atoms with E-state index in [4.69, 9.17) is 5.84 Å². The van der Waals surface area contributed by atoms with Gasteiger partial charge in [-0.15, -0.1) is 11.3 Å². The Hall–Kier alpha value is -1.68.